The summed E-state index contributed by atoms with van der Waals surface area (Å²) in [6.45, 7) is 6.68. The molecule has 2 atom stereocenters. The molecule has 0 spiro atoms. The highest BCUT2D eigenvalue weighted by atomic mass is 19.1. The maximum absolute atomic E-state index is 13.0. The highest BCUT2D eigenvalue weighted by molar-refractivity contribution is 5.78. The van der Waals surface area contributed by atoms with Gasteiger partial charge >= 0.3 is 0 Å². The molecule has 2 unspecified atom stereocenters. The molecule has 4 heteroatoms. The molecule has 0 saturated carbocycles. The fourth-order valence-electron chi connectivity index (χ4n) is 1.52. The topological polar surface area (TPSA) is 44.1 Å². The summed E-state index contributed by atoms with van der Waals surface area (Å²) in [5.74, 6) is -0.280. The van der Waals surface area contributed by atoms with Crippen LogP contribution in [0, 0.1) is 17.2 Å². The summed E-state index contributed by atoms with van der Waals surface area (Å²) in [5.41, 5.74) is 0. The number of rotatable bonds is 1. The van der Waals surface area contributed by atoms with E-state index < -0.39 is 6.17 Å². The Morgan fingerprint density at radius 1 is 1.60 bits per heavy atom. The van der Waals surface area contributed by atoms with Gasteiger partial charge in [0.05, 0.1) is 6.07 Å². The lowest BCUT2D eigenvalue weighted by atomic mass is 9.98. The van der Waals surface area contributed by atoms with E-state index in [0.717, 1.165) is 0 Å². The summed E-state index contributed by atoms with van der Waals surface area (Å²) in [5, 5.41) is 8.31. The van der Waals surface area contributed by atoms with Crippen molar-refractivity contribution in [3.8, 4) is 6.07 Å². The van der Waals surface area contributed by atoms with Crippen LogP contribution in [0.3, 0.4) is 0 Å². The number of alkyl halides is 1. The smallest absolute Gasteiger partial charge is 0.236 e. The van der Waals surface area contributed by atoms with E-state index in [9.17, 15) is 9.18 Å². The van der Waals surface area contributed by atoms with Crippen LogP contribution in [0.1, 0.15) is 33.6 Å². The predicted octanol–water partition coefficient (Wildman–Crippen LogP) is 2.13. The van der Waals surface area contributed by atoms with Gasteiger partial charge in [-0.25, -0.2) is 4.39 Å². The van der Waals surface area contributed by atoms with Crippen LogP contribution < -0.4 is 0 Å². The van der Waals surface area contributed by atoms with Crippen LogP contribution in [0.25, 0.3) is 0 Å². The molecule has 0 aromatic heterocycles. The lowest BCUT2D eigenvalue weighted by Gasteiger charge is -2.32. The number of nitrogens with zero attached hydrogens (tertiary/aromatic N) is 2. The first-order chi connectivity index (χ1) is 7.15. The highest BCUT2D eigenvalue weighted by Crippen LogP contribution is 2.19. The Bertz CT molecular complexity index is 237. The highest BCUT2D eigenvalue weighted by Gasteiger charge is 2.27. The van der Waals surface area contributed by atoms with Gasteiger partial charge in [-0.05, 0) is 6.42 Å². The molecule has 1 amide bonds. The molecule has 1 aliphatic heterocycles. The van der Waals surface area contributed by atoms with Crippen LogP contribution >= 0.6 is 0 Å². The van der Waals surface area contributed by atoms with Crippen molar-refractivity contribution in [1.29, 1.82) is 5.26 Å². The zero-order valence-electron chi connectivity index (χ0n) is 9.66. The van der Waals surface area contributed by atoms with Gasteiger partial charge in [0.15, 0.2) is 0 Å². The quantitative estimate of drug-likeness (QED) is 0.671. The molecule has 0 aromatic rings. The van der Waals surface area contributed by atoms with E-state index in [1.54, 1.807) is 17.9 Å². The van der Waals surface area contributed by atoms with E-state index in [-0.39, 0.29) is 18.2 Å². The molecular formula is C11H19FN2O. The van der Waals surface area contributed by atoms with Crippen LogP contribution in [0.15, 0.2) is 0 Å². The first-order valence-electron chi connectivity index (χ1n) is 5.44. The minimum Gasteiger partial charge on any atom is -0.341 e. The fourth-order valence-corrected chi connectivity index (χ4v) is 1.52. The third-order valence-electron chi connectivity index (χ3n) is 2.38. The maximum atomic E-state index is 13.0. The second-order valence-corrected chi connectivity index (χ2v) is 3.46. The van der Waals surface area contributed by atoms with E-state index in [2.05, 4.69) is 0 Å². The van der Waals surface area contributed by atoms with Gasteiger partial charge in [-0.15, -0.1) is 0 Å². The number of piperidine rings is 1. The minimum absolute atomic E-state index is 0.0936. The zero-order chi connectivity index (χ0) is 11.8. The van der Waals surface area contributed by atoms with Crippen LogP contribution in [0.4, 0.5) is 4.39 Å². The molecule has 1 aliphatic rings. The number of halogens is 1. The van der Waals surface area contributed by atoms with Gasteiger partial charge in [-0.3, -0.25) is 4.79 Å². The average Bonchev–Trinajstić information content (AvgIpc) is 2.25. The standard InChI is InChI=1S/C9H13FN2O.C2H6/c1-7-6-12(5-3-8(7)10)9(13)2-4-11;1-2/h7-8H,2-3,5-6H2,1H3;1-2H3. The van der Waals surface area contributed by atoms with Crippen molar-refractivity contribution in [3.63, 3.8) is 0 Å². The van der Waals surface area contributed by atoms with Gasteiger partial charge in [0, 0.05) is 19.0 Å². The van der Waals surface area contributed by atoms with E-state index in [1.807, 2.05) is 13.8 Å². The number of likely N-dealkylation sites (tertiary alicyclic amines) is 1. The van der Waals surface area contributed by atoms with Crippen LogP contribution in [-0.2, 0) is 4.79 Å². The number of amides is 1. The lowest BCUT2D eigenvalue weighted by molar-refractivity contribution is -0.132. The van der Waals surface area contributed by atoms with Gasteiger partial charge < -0.3 is 4.90 Å². The van der Waals surface area contributed by atoms with Crippen molar-refractivity contribution in [2.75, 3.05) is 13.1 Å². The van der Waals surface area contributed by atoms with E-state index >= 15 is 0 Å². The molecule has 0 N–H and O–H groups in total. The second kappa shape index (κ2) is 7.22. The molecule has 0 aliphatic carbocycles. The Morgan fingerprint density at radius 2 is 2.20 bits per heavy atom. The summed E-state index contributed by atoms with van der Waals surface area (Å²) < 4.78 is 13.0. The van der Waals surface area contributed by atoms with E-state index in [1.165, 1.54) is 0 Å². The van der Waals surface area contributed by atoms with Crippen LogP contribution in [0.5, 0.6) is 0 Å². The number of carbonyl (C=O) groups is 1. The lowest BCUT2D eigenvalue weighted by Crippen LogP contribution is -2.43. The van der Waals surface area contributed by atoms with Gasteiger partial charge in [0.25, 0.3) is 0 Å². The summed E-state index contributed by atoms with van der Waals surface area (Å²) in [6, 6.07) is 1.81. The van der Waals surface area contributed by atoms with E-state index in [0.29, 0.717) is 19.5 Å². The summed E-state index contributed by atoms with van der Waals surface area (Å²) in [7, 11) is 0. The Morgan fingerprint density at radius 3 is 2.67 bits per heavy atom. The van der Waals surface area contributed by atoms with E-state index in [4.69, 9.17) is 5.26 Å². The Labute approximate surface area is 90.9 Å². The molecule has 0 bridgehead atoms. The maximum Gasteiger partial charge on any atom is 0.236 e. The van der Waals surface area contributed by atoms with Crippen LogP contribution in [0.2, 0.25) is 0 Å². The molecule has 86 valence electrons. The third-order valence-corrected chi connectivity index (χ3v) is 2.38. The Balaban J connectivity index is 0.000000921. The molecule has 3 nitrogen and oxygen atoms in total. The van der Waals surface area contributed by atoms with Gasteiger partial charge in [0.1, 0.15) is 12.6 Å². The molecule has 15 heavy (non-hydrogen) atoms. The SMILES string of the molecule is CC.CC1CN(C(=O)CC#N)CCC1F. The summed E-state index contributed by atoms with van der Waals surface area (Å²) in [6.07, 6.45) is -0.492. The summed E-state index contributed by atoms with van der Waals surface area (Å²) >= 11 is 0. The minimum atomic E-state index is -0.800. The largest absolute Gasteiger partial charge is 0.341 e. The third kappa shape index (κ3) is 4.28. The molecule has 1 rings (SSSR count). The fraction of sp³-hybridized carbons (Fsp3) is 0.818. The molecule has 0 radical (unpaired) electrons. The molecular weight excluding hydrogens is 195 g/mol. The molecule has 1 heterocycles. The molecule has 1 fully saturated rings. The van der Waals surface area contributed by atoms with Crippen molar-refractivity contribution in [3.05, 3.63) is 0 Å². The number of hydrogen-bond acceptors (Lipinski definition) is 2. The van der Waals surface area contributed by atoms with Crippen molar-refractivity contribution in [2.45, 2.75) is 39.8 Å². The predicted molar refractivity (Wildman–Crippen MR) is 56.8 cm³/mol. The monoisotopic (exact) mass is 214 g/mol. The number of hydrogen-bond donors (Lipinski definition) is 0. The normalized spacial score (nSPS) is 24.9. The molecule has 0 aromatic carbocycles. The summed E-state index contributed by atoms with van der Waals surface area (Å²) in [4.78, 5) is 12.8. The molecule has 1 saturated heterocycles. The Kier molecular flexibility index (Phi) is 6.68. The van der Waals surface area contributed by atoms with Crippen molar-refractivity contribution >= 4 is 5.91 Å². The van der Waals surface area contributed by atoms with Crippen molar-refractivity contribution in [1.82, 2.24) is 4.90 Å². The van der Waals surface area contributed by atoms with Crippen molar-refractivity contribution < 1.29 is 9.18 Å². The van der Waals surface area contributed by atoms with Crippen molar-refractivity contribution in [2.24, 2.45) is 5.92 Å². The van der Waals surface area contributed by atoms with Gasteiger partial charge in [-0.1, -0.05) is 20.8 Å². The number of nitriles is 1. The second-order valence-electron chi connectivity index (χ2n) is 3.46. The average molecular weight is 214 g/mol. The van der Waals surface area contributed by atoms with Crippen LogP contribution in [-0.4, -0.2) is 30.1 Å². The number of carbonyl (C=O) groups excluding carboxylic acids is 1. The van der Waals surface area contributed by atoms with Gasteiger partial charge in [-0.2, -0.15) is 5.26 Å². The Hall–Kier alpha value is -1.11. The first-order valence-corrected chi connectivity index (χ1v) is 5.44. The van der Waals surface area contributed by atoms with Gasteiger partial charge in [0.2, 0.25) is 5.91 Å². The zero-order valence-corrected chi connectivity index (χ0v) is 9.66. The first kappa shape index (κ1) is 13.9.